The normalized spacial score (nSPS) is 28.0. The van der Waals surface area contributed by atoms with Crippen molar-refractivity contribution in [3.05, 3.63) is 11.7 Å². The summed E-state index contributed by atoms with van der Waals surface area (Å²) in [5.74, 6) is 1.10. The Morgan fingerprint density at radius 3 is 2.78 bits per heavy atom. The first-order chi connectivity index (χ1) is 8.60. The average Bonchev–Trinajstić information content (AvgIpc) is 2.88. The average molecular weight is 254 g/mol. The quantitative estimate of drug-likeness (QED) is 0.893. The molecule has 1 aliphatic rings. The minimum Gasteiger partial charge on any atom is -0.392 e. The second-order valence-electron chi connectivity index (χ2n) is 5.20. The van der Waals surface area contributed by atoms with E-state index in [0.29, 0.717) is 11.7 Å². The van der Waals surface area contributed by atoms with Gasteiger partial charge in [0.2, 0.25) is 11.7 Å². The summed E-state index contributed by atoms with van der Waals surface area (Å²) in [6.45, 7) is 3.97. The molecule has 2 rings (SSSR count). The number of nitrogens with zero attached hydrogens (tertiary/aromatic N) is 2. The van der Waals surface area contributed by atoms with Gasteiger partial charge in [-0.15, -0.1) is 0 Å². The maximum absolute atomic E-state index is 9.99. The van der Waals surface area contributed by atoms with Gasteiger partial charge in [-0.2, -0.15) is 4.98 Å². The molecule has 3 atom stereocenters. The van der Waals surface area contributed by atoms with Gasteiger partial charge >= 0.3 is 0 Å². The van der Waals surface area contributed by atoms with E-state index in [1.807, 2.05) is 13.8 Å². The number of hydrogen-bond acceptors (Lipinski definition) is 5. The third kappa shape index (κ3) is 2.42. The molecule has 0 spiro atoms. The topological polar surface area (TPSA) is 68.4 Å². The van der Waals surface area contributed by atoms with Crippen molar-refractivity contribution in [3.8, 4) is 0 Å². The van der Waals surface area contributed by atoms with E-state index in [9.17, 15) is 5.11 Å². The van der Waals surface area contributed by atoms with Gasteiger partial charge < -0.3 is 14.4 Å². The summed E-state index contributed by atoms with van der Waals surface area (Å²) in [5.41, 5.74) is -0.513. The third-order valence-electron chi connectivity index (χ3n) is 4.09. The molecule has 1 saturated carbocycles. The number of aromatic nitrogens is 2. The highest BCUT2D eigenvalue weighted by Crippen LogP contribution is 2.34. The first-order valence-corrected chi connectivity index (χ1v) is 6.68. The first-order valence-electron chi connectivity index (χ1n) is 6.68. The summed E-state index contributed by atoms with van der Waals surface area (Å²) in [5, 5.41) is 14.0. The van der Waals surface area contributed by atoms with Crippen LogP contribution in [0.25, 0.3) is 0 Å². The molecular formula is C13H22N2O3. The molecule has 3 unspecified atom stereocenters. The summed E-state index contributed by atoms with van der Waals surface area (Å²) in [6.07, 6.45) is 4.33. The van der Waals surface area contributed by atoms with E-state index in [1.165, 1.54) is 0 Å². The Morgan fingerprint density at radius 1 is 1.44 bits per heavy atom. The van der Waals surface area contributed by atoms with E-state index in [4.69, 9.17) is 9.26 Å². The molecule has 1 aliphatic carbocycles. The molecule has 1 N–H and O–H groups in total. The van der Waals surface area contributed by atoms with E-state index in [0.717, 1.165) is 32.1 Å². The van der Waals surface area contributed by atoms with Crippen LogP contribution in [0.15, 0.2) is 4.52 Å². The molecule has 1 heterocycles. The molecule has 0 aromatic carbocycles. The molecule has 18 heavy (non-hydrogen) atoms. The van der Waals surface area contributed by atoms with Crippen LogP contribution in [0.3, 0.4) is 0 Å². The molecular weight excluding hydrogens is 232 g/mol. The van der Waals surface area contributed by atoms with Gasteiger partial charge in [0, 0.05) is 7.11 Å². The SMILES string of the molecule is CCC(C)(OC)c1noc(C2CCCCC2O)n1. The molecule has 0 amide bonds. The van der Waals surface area contributed by atoms with E-state index in [2.05, 4.69) is 10.1 Å². The van der Waals surface area contributed by atoms with Gasteiger partial charge in [-0.3, -0.25) is 0 Å². The van der Waals surface area contributed by atoms with Crippen molar-refractivity contribution in [2.45, 2.75) is 63.6 Å². The lowest BCUT2D eigenvalue weighted by molar-refractivity contribution is -0.0106. The maximum Gasteiger partial charge on any atom is 0.232 e. The van der Waals surface area contributed by atoms with Crippen LogP contribution in [-0.4, -0.2) is 28.5 Å². The minimum atomic E-state index is -0.513. The smallest absolute Gasteiger partial charge is 0.232 e. The number of aliphatic hydroxyl groups is 1. The fraction of sp³-hybridized carbons (Fsp3) is 0.846. The van der Waals surface area contributed by atoms with Crippen molar-refractivity contribution >= 4 is 0 Å². The molecule has 5 nitrogen and oxygen atoms in total. The summed E-state index contributed by atoms with van der Waals surface area (Å²) in [6, 6.07) is 0. The fourth-order valence-corrected chi connectivity index (χ4v) is 2.39. The van der Waals surface area contributed by atoms with Crippen molar-refractivity contribution in [2.75, 3.05) is 7.11 Å². The number of ether oxygens (including phenoxy) is 1. The Morgan fingerprint density at radius 2 is 2.17 bits per heavy atom. The van der Waals surface area contributed by atoms with Crippen LogP contribution in [0, 0.1) is 0 Å². The highest BCUT2D eigenvalue weighted by Gasteiger charge is 2.34. The summed E-state index contributed by atoms with van der Waals surface area (Å²) >= 11 is 0. The van der Waals surface area contributed by atoms with Gasteiger partial charge in [-0.05, 0) is 26.2 Å². The van der Waals surface area contributed by atoms with E-state index < -0.39 is 5.60 Å². The Bertz CT molecular complexity index is 387. The number of methoxy groups -OCH3 is 1. The van der Waals surface area contributed by atoms with Gasteiger partial charge in [-0.25, -0.2) is 0 Å². The molecule has 0 radical (unpaired) electrons. The highest BCUT2D eigenvalue weighted by atomic mass is 16.5. The van der Waals surface area contributed by atoms with Crippen molar-refractivity contribution in [1.29, 1.82) is 0 Å². The zero-order chi connectivity index (χ0) is 13.2. The number of aliphatic hydroxyl groups excluding tert-OH is 1. The first kappa shape index (κ1) is 13.5. The van der Waals surface area contributed by atoms with E-state index in [1.54, 1.807) is 7.11 Å². The van der Waals surface area contributed by atoms with Gasteiger partial charge in [0.05, 0.1) is 12.0 Å². The number of rotatable bonds is 4. The van der Waals surface area contributed by atoms with Crippen LogP contribution in [0.4, 0.5) is 0 Å². The standard InChI is InChI=1S/C13H22N2O3/c1-4-13(2,17-3)12-14-11(18-15-12)9-7-5-6-8-10(9)16/h9-10,16H,4-8H2,1-3H3. The molecule has 5 heteroatoms. The maximum atomic E-state index is 9.99. The molecule has 1 aromatic rings. The molecule has 0 saturated heterocycles. The van der Waals surface area contributed by atoms with Gasteiger partial charge in [0.1, 0.15) is 5.60 Å². The molecule has 0 bridgehead atoms. The fourth-order valence-electron chi connectivity index (χ4n) is 2.39. The van der Waals surface area contributed by atoms with Crippen LogP contribution in [0.2, 0.25) is 0 Å². The van der Waals surface area contributed by atoms with Crippen LogP contribution in [0.5, 0.6) is 0 Å². The Kier molecular flexibility index (Phi) is 4.02. The Hall–Kier alpha value is -0.940. The Balaban J connectivity index is 2.19. The molecule has 1 aromatic heterocycles. The largest absolute Gasteiger partial charge is 0.392 e. The minimum absolute atomic E-state index is 0.0158. The zero-order valence-electron chi connectivity index (χ0n) is 11.3. The highest BCUT2D eigenvalue weighted by molar-refractivity contribution is 5.04. The lowest BCUT2D eigenvalue weighted by Gasteiger charge is -2.24. The van der Waals surface area contributed by atoms with Crippen molar-refractivity contribution in [3.63, 3.8) is 0 Å². The van der Waals surface area contributed by atoms with Crippen LogP contribution in [0.1, 0.15) is 63.6 Å². The monoisotopic (exact) mass is 254 g/mol. The predicted octanol–water partition coefficient (Wildman–Crippen LogP) is 2.36. The van der Waals surface area contributed by atoms with Crippen molar-refractivity contribution in [1.82, 2.24) is 10.1 Å². The van der Waals surface area contributed by atoms with Gasteiger partial charge in [0.15, 0.2) is 0 Å². The predicted molar refractivity (Wildman–Crippen MR) is 66.2 cm³/mol. The van der Waals surface area contributed by atoms with Crippen LogP contribution < -0.4 is 0 Å². The summed E-state index contributed by atoms with van der Waals surface area (Å²) < 4.78 is 10.8. The molecule has 0 aliphatic heterocycles. The van der Waals surface area contributed by atoms with Crippen molar-refractivity contribution < 1.29 is 14.4 Å². The zero-order valence-corrected chi connectivity index (χ0v) is 11.3. The third-order valence-corrected chi connectivity index (χ3v) is 4.09. The summed E-state index contributed by atoms with van der Waals surface area (Å²) in [4.78, 5) is 4.44. The second kappa shape index (κ2) is 5.36. The van der Waals surface area contributed by atoms with Gasteiger partial charge in [-0.1, -0.05) is 24.9 Å². The molecule has 1 fully saturated rings. The lowest BCUT2D eigenvalue weighted by atomic mass is 9.86. The van der Waals surface area contributed by atoms with Crippen LogP contribution >= 0.6 is 0 Å². The van der Waals surface area contributed by atoms with E-state index in [-0.39, 0.29) is 12.0 Å². The van der Waals surface area contributed by atoms with Crippen LogP contribution in [-0.2, 0) is 10.3 Å². The molecule has 102 valence electrons. The summed E-state index contributed by atoms with van der Waals surface area (Å²) in [7, 11) is 1.65. The second-order valence-corrected chi connectivity index (χ2v) is 5.20. The lowest BCUT2D eigenvalue weighted by Crippen LogP contribution is -2.26. The van der Waals surface area contributed by atoms with Crippen molar-refractivity contribution in [2.24, 2.45) is 0 Å². The van der Waals surface area contributed by atoms with E-state index >= 15 is 0 Å². The number of hydrogen-bond donors (Lipinski definition) is 1. The van der Waals surface area contributed by atoms with Gasteiger partial charge in [0.25, 0.3) is 0 Å². The Labute approximate surface area is 108 Å².